The molecular formula is C60H34O2. The van der Waals surface area contributed by atoms with E-state index in [0.29, 0.717) is 0 Å². The van der Waals surface area contributed by atoms with Crippen LogP contribution in [0.25, 0.3) is 142 Å². The molecule has 0 unspecified atom stereocenters. The van der Waals surface area contributed by atoms with Crippen LogP contribution in [0.2, 0.25) is 0 Å². The second-order valence-electron chi connectivity index (χ2n) is 16.6. The molecule has 0 aliphatic carbocycles. The van der Waals surface area contributed by atoms with E-state index in [1.807, 2.05) is 0 Å². The largest absolute Gasteiger partial charge is 0.455 e. The number of hydrogen-bond acceptors (Lipinski definition) is 2. The molecule has 2 heterocycles. The molecule has 14 rings (SSSR count). The number of rotatable bonds is 3. The zero-order valence-electron chi connectivity index (χ0n) is 33.4. The monoisotopic (exact) mass is 786 g/mol. The van der Waals surface area contributed by atoms with Crippen LogP contribution in [-0.4, -0.2) is 0 Å². The zero-order valence-corrected chi connectivity index (χ0v) is 33.4. The summed E-state index contributed by atoms with van der Waals surface area (Å²) in [5.74, 6) is 0. The molecular weight excluding hydrogens is 753 g/mol. The molecule has 0 saturated carbocycles. The maximum atomic E-state index is 6.92. The molecule has 286 valence electrons. The highest BCUT2D eigenvalue weighted by Crippen LogP contribution is 2.51. The third-order valence-electron chi connectivity index (χ3n) is 13.4. The fourth-order valence-electron chi connectivity index (χ4n) is 10.7. The maximum absolute atomic E-state index is 6.92. The molecule has 0 N–H and O–H groups in total. The number of fused-ring (bicyclic) bond motifs is 12. The van der Waals surface area contributed by atoms with Crippen LogP contribution in [0.15, 0.2) is 215 Å². The van der Waals surface area contributed by atoms with Crippen LogP contribution in [0, 0.1) is 0 Å². The summed E-state index contributed by atoms with van der Waals surface area (Å²) in [4.78, 5) is 0. The Morgan fingerprint density at radius 2 is 0.548 bits per heavy atom. The average molecular weight is 787 g/mol. The molecule has 0 bridgehead atoms. The van der Waals surface area contributed by atoms with Gasteiger partial charge < -0.3 is 8.83 Å². The third-order valence-corrected chi connectivity index (χ3v) is 13.4. The third kappa shape index (κ3) is 4.64. The first-order valence-electron chi connectivity index (χ1n) is 21.3. The van der Waals surface area contributed by atoms with Gasteiger partial charge in [-0.25, -0.2) is 0 Å². The van der Waals surface area contributed by atoms with Crippen molar-refractivity contribution in [2.75, 3.05) is 0 Å². The maximum Gasteiger partial charge on any atom is 0.143 e. The average Bonchev–Trinajstić information content (AvgIpc) is 3.89. The van der Waals surface area contributed by atoms with Gasteiger partial charge in [0.05, 0.1) is 0 Å². The summed E-state index contributed by atoms with van der Waals surface area (Å²) in [6.45, 7) is 0. The molecule has 2 nitrogen and oxygen atoms in total. The highest BCUT2D eigenvalue weighted by atomic mass is 16.3. The van der Waals surface area contributed by atoms with Crippen LogP contribution >= 0.6 is 0 Å². The molecule has 0 spiro atoms. The predicted molar refractivity (Wildman–Crippen MR) is 262 cm³/mol. The molecule has 0 amide bonds. The Bertz CT molecular complexity index is 3950. The smallest absolute Gasteiger partial charge is 0.143 e. The summed E-state index contributed by atoms with van der Waals surface area (Å²) in [7, 11) is 0. The summed E-state index contributed by atoms with van der Waals surface area (Å²) < 4.78 is 13.8. The lowest BCUT2D eigenvalue weighted by atomic mass is 9.82. The number of furan rings is 2. The van der Waals surface area contributed by atoms with Crippen LogP contribution in [0.5, 0.6) is 0 Å². The van der Waals surface area contributed by atoms with Crippen molar-refractivity contribution in [1.82, 2.24) is 0 Å². The normalized spacial score (nSPS) is 12.2. The standard InChI is InChI=1S/C60H34O2/c1-5-19-39-35(15-1)31-36-16-2-6-20-40(36)55(39)56-45-25-13-27-47(57-41-21-7-3-17-37(41)32-51-43-23-9-11-29-53(43)61-59(51)57)49(45)34-50-46(56)26-14-28-48(50)58-42-22-8-4-18-38(42)33-52-44-24-10-12-30-54(44)62-60(52)58/h1-34H. The van der Waals surface area contributed by atoms with Gasteiger partial charge >= 0.3 is 0 Å². The van der Waals surface area contributed by atoms with E-state index in [1.165, 1.54) is 65.0 Å². The van der Waals surface area contributed by atoms with Crippen LogP contribution in [-0.2, 0) is 0 Å². The lowest BCUT2D eigenvalue weighted by Gasteiger charge is -2.21. The molecule has 0 saturated heterocycles. The Kier molecular flexibility index (Phi) is 6.86. The van der Waals surface area contributed by atoms with E-state index in [0.717, 1.165) is 76.9 Å². The van der Waals surface area contributed by atoms with Crippen LogP contribution < -0.4 is 0 Å². The lowest BCUT2D eigenvalue weighted by Crippen LogP contribution is -1.94. The second kappa shape index (κ2) is 12.7. The minimum absolute atomic E-state index is 0.890. The zero-order chi connectivity index (χ0) is 40.5. The van der Waals surface area contributed by atoms with Gasteiger partial charge in [0.25, 0.3) is 0 Å². The summed E-state index contributed by atoms with van der Waals surface area (Å²) in [6.07, 6.45) is 0. The Morgan fingerprint density at radius 3 is 1.00 bits per heavy atom. The van der Waals surface area contributed by atoms with Crippen LogP contribution in [0.1, 0.15) is 0 Å². The second-order valence-corrected chi connectivity index (χ2v) is 16.6. The molecule has 0 aliphatic rings. The molecule has 0 atom stereocenters. The SMILES string of the molecule is c1ccc2c(-c3c4cccc(-c5c6ccccc6cc6c5oc5ccccc56)c4cc4c(-c5c6ccccc6cc6c5oc5ccccc56)cccc34)c3ccccc3cc2c1. The van der Waals surface area contributed by atoms with Crippen molar-refractivity contribution in [3.05, 3.63) is 206 Å². The van der Waals surface area contributed by atoms with Gasteiger partial charge in [-0.2, -0.15) is 0 Å². The van der Waals surface area contributed by atoms with Gasteiger partial charge in [0.15, 0.2) is 0 Å². The van der Waals surface area contributed by atoms with E-state index < -0.39 is 0 Å². The molecule has 12 aromatic carbocycles. The molecule has 14 aromatic rings. The molecule has 0 radical (unpaired) electrons. The summed E-state index contributed by atoms with van der Waals surface area (Å²) in [5.41, 5.74) is 10.5. The quantitative estimate of drug-likeness (QED) is 0.167. The van der Waals surface area contributed by atoms with E-state index >= 15 is 0 Å². The van der Waals surface area contributed by atoms with Crippen molar-refractivity contribution in [2.24, 2.45) is 0 Å². The van der Waals surface area contributed by atoms with E-state index in [4.69, 9.17) is 8.83 Å². The summed E-state index contributed by atoms with van der Waals surface area (Å²) in [5, 5.41) is 18.8. The summed E-state index contributed by atoms with van der Waals surface area (Å²) >= 11 is 0. The van der Waals surface area contributed by atoms with Gasteiger partial charge in [0.2, 0.25) is 0 Å². The first-order chi connectivity index (χ1) is 30.8. The lowest BCUT2D eigenvalue weighted by molar-refractivity contribution is 0.670. The van der Waals surface area contributed by atoms with Crippen molar-refractivity contribution < 1.29 is 8.83 Å². The minimum atomic E-state index is 0.890. The van der Waals surface area contributed by atoms with Gasteiger partial charge in [-0.1, -0.05) is 170 Å². The molecule has 0 aliphatic heterocycles. The van der Waals surface area contributed by atoms with Gasteiger partial charge in [0, 0.05) is 32.7 Å². The van der Waals surface area contributed by atoms with Gasteiger partial charge in [-0.3, -0.25) is 0 Å². The van der Waals surface area contributed by atoms with E-state index in [9.17, 15) is 0 Å². The summed E-state index contributed by atoms with van der Waals surface area (Å²) in [6, 6.07) is 75.2. The van der Waals surface area contributed by atoms with Gasteiger partial charge in [0.1, 0.15) is 22.3 Å². The fraction of sp³-hybridized carbons (Fsp3) is 0. The fourth-order valence-corrected chi connectivity index (χ4v) is 10.7. The molecule has 0 fully saturated rings. The van der Waals surface area contributed by atoms with Crippen molar-refractivity contribution in [2.45, 2.75) is 0 Å². The van der Waals surface area contributed by atoms with E-state index in [2.05, 4.69) is 206 Å². The first-order valence-corrected chi connectivity index (χ1v) is 21.3. The van der Waals surface area contributed by atoms with Gasteiger partial charge in [-0.05, 0) is 123 Å². The molecule has 62 heavy (non-hydrogen) atoms. The Labute approximate surface area is 355 Å². The number of para-hydroxylation sites is 2. The first kappa shape index (κ1) is 33.6. The van der Waals surface area contributed by atoms with Crippen molar-refractivity contribution in [3.63, 3.8) is 0 Å². The number of hydrogen-bond donors (Lipinski definition) is 0. The van der Waals surface area contributed by atoms with E-state index in [-0.39, 0.29) is 0 Å². The Balaban J connectivity index is 1.22. The van der Waals surface area contributed by atoms with Crippen molar-refractivity contribution >= 4 is 109 Å². The highest BCUT2D eigenvalue weighted by molar-refractivity contribution is 6.30. The number of benzene rings is 12. The highest BCUT2D eigenvalue weighted by Gasteiger charge is 2.24. The van der Waals surface area contributed by atoms with Crippen LogP contribution in [0.4, 0.5) is 0 Å². The van der Waals surface area contributed by atoms with Gasteiger partial charge in [-0.15, -0.1) is 0 Å². The van der Waals surface area contributed by atoms with Crippen LogP contribution in [0.3, 0.4) is 0 Å². The van der Waals surface area contributed by atoms with Crippen molar-refractivity contribution in [1.29, 1.82) is 0 Å². The molecule has 2 heteroatoms. The van der Waals surface area contributed by atoms with E-state index in [1.54, 1.807) is 0 Å². The predicted octanol–water partition coefficient (Wildman–Crippen LogP) is 17.4. The minimum Gasteiger partial charge on any atom is -0.455 e. The van der Waals surface area contributed by atoms with Crippen molar-refractivity contribution in [3.8, 4) is 33.4 Å². The Morgan fingerprint density at radius 1 is 0.210 bits per heavy atom. The topological polar surface area (TPSA) is 26.3 Å². The Hall–Kier alpha value is -8.20. The molecule has 2 aromatic heterocycles.